The highest BCUT2D eigenvalue weighted by molar-refractivity contribution is 5.94. The number of carbonyl (C=O) groups is 1. The summed E-state index contributed by atoms with van der Waals surface area (Å²) in [4.78, 5) is 41.9. The molecule has 0 bridgehead atoms. The lowest BCUT2D eigenvalue weighted by Crippen LogP contribution is -2.47. The van der Waals surface area contributed by atoms with Crippen molar-refractivity contribution in [1.82, 2.24) is 14.0 Å². The Kier molecular flexibility index (Phi) is 8.16. The van der Waals surface area contributed by atoms with Crippen molar-refractivity contribution in [2.45, 2.75) is 13.3 Å². The van der Waals surface area contributed by atoms with Crippen LogP contribution in [-0.4, -0.2) is 73.0 Å². The van der Waals surface area contributed by atoms with Gasteiger partial charge in [-0.2, -0.15) is 0 Å². The van der Waals surface area contributed by atoms with Gasteiger partial charge in [0.15, 0.2) is 5.56 Å². The van der Waals surface area contributed by atoms with Crippen molar-refractivity contribution in [2.24, 2.45) is 14.1 Å². The monoisotopic (exact) mass is 459 g/mol. The van der Waals surface area contributed by atoms with Crippen LogP contribution >= 0.6 is 0 Å². The van der Waals surface area contributed by atoms with E-state index in [1.807, 2.05) is 18.2 Å². The lowest BCUT2D eigenvalue weighted by molar-refractivity contribution is 0.0523. The standard InChI is InChI=1S/C23H33N5O5/c1-5-33-22(30)19-20(25(2)23(31)26(3)21(19)29)24-11-8-12-27-13-15-28(16-14-27)17-9-6-7-10-18(17)32-4/h6-7,9-10,24H,5,8,11-16H2,1-4H3. The van der Waals surface area contributed by atoms with E-state index in [0.29, 0.717) is 6.54 Å². The quantitative estimate of drug-likeness (QED) is 0.436. The third-order valence-corrected chi connectivity index (χ3v) is 5.89. The van der Waals surface area contributed by atoms with Crippen molar-refractivity contribution >= 4 is 17.5 Å². The molecule has 2 aromatic rings. The Balaban J connectivity index is 1.57. The van der Waals surface area contributed by atoms with Crippen LogP contribution in [0.2, 0.25) is 0 Å². The zero-order valence-electron chi connectivity index (χ0n) is 19.8. The first-order valence-corrected chi connectivity index (χ1v) is 11.2. The molecule has 0 aliphatic carbocycles. The first-order chi connectivity index (χ1) is 15.9. The van der Waals surface area contributed by atoms with E-state index in [1.165, 1.54) is 18.7 Å². The summed E-state index contributed by atoms with van der Waals surface area (Å²) in [7, 11) is 4.57. The second-order valence-electron chi connectivity index (χ2n) is 7.93. The topological polar surface area (TPSA) is 98.0 Å². The molecule has 0 unspecified atom stereocenters. The molecule has 0 atom stereocenters. The molecule has 1 N–H and O–H groups in total. The molecule has 180 valence electrons. The SMILES string of the molecule is CCOC(=O)c1c(NCCCN2CCN(c3ccccc3OC)CC2)n(C)c(=O)n(C)c1=O. The number of esters is 1. The summed E-state index contributed by atoms with van der Waals surface area (Å²) in [6.07, 6.45) is 0.792. The maximum absolute atomic E-state index is 12.5. The van der Waals surface area contributed by atoms with Crippen LogP contribution in [0.3, 0.4) is 0 Å². The van der Waals surface area contributed by atoms with Gasteiger partial charge in [-0.3, -0.25) is 18.8 Å². The molecular formula is C23H33N5O5. The molecular weight excluding hydrogens is 426 g/mol. The number of hydrogen-bond donors (Lipinski definition) is 1. The van der Waals surface area contributed by atoms with Gasteiger partial charge in [0.25, 0.3) is 5.56 Å². The van der Waals surface area contributed by atoms with Gasteiger partial charge in [-0.25, -0.2) is 9.59 Å². The normalized spacial score (nSPS) is 14.2. The summed E-state index contributed by atoms with van der Waals surface area (Å²) in [6, 6.07) is 8.04. The molecule has 10 heteroatoms. The van der Waals surface area contributed by atoms with Gasteiger partial charge in [0.2, 0.25) is 0 Å². The number of hydrogen-bond acceptors (Lipinski definition) is 8. The highest BCUT2D eigenvalue weighted by Gasteiger charge is 2.23. The van der Waals surface area contributed by atoms with Crippen molar-refractivity contribution in [1.29, 1.82) is 0 Å². The minimum absolute atomic E-state index is 0.144. The maximum Gasteiger partial charge on any atom is 0.347 e. The van der Waals surface area contributed by atoms with Crippen molar-refractivity contribution in [3.63, 3.8) is 0 Å². The molecule has 0 amide bonds. The van der Waals surface area contributed by atoms with Crippen LogP contribution in [0.1, 0.15) is 23.7 Å². The van der Waals surface area contributed by atoms with E-state index >= 15 is 0 Å². The molecule has 0 radical (unpaired) electrons. The summed E-state index contributed by atoms with van der Waals surface area (Å²) in [5, 5.41) is 3.11. The van der Waals surface area contributed by atoms with Crippen molar-refractivity contribution in [3.8, 4) is 5.75 Å². The second kappa shape index (κ2) is 11.0. The fourth-order valence-electron chi connectivity index (χ4n) is 4.05. The van der Waals surface area contributed by atoms with Gasteiger partial charge in [-0.05, 0) is 32.0 Å². The molecule has 33 heavy (non-hydrogen) atoms. The maximum atomic E-state index is 12.5. The number of ether oxygens (including phenoxy) is 2. The zero-order valence-corrected chi connectivity index (χ0v) is 19.8. The van der Waals surface area contributed by atoms with Crippen LogP contribution in [0.4, 0.5) is 11.5 Å². The Bertz CT molecular complexity index is 1090. The first-order valence-electron chi connectivity index (χ1n) is 11.2. The number of para-hydroxylation sites is 2. The third-order valence-electron chi connectivity index (χ3n) is 5.89. The zero-order chi connectivity index (χ0) is 24.0. The number of methoxy groups -OCH3 is 1. The van der Waals surface area contributed by atoms with Gasteiger partial charge >= 0.3 is 11.7 Å². The number of nitrogens with one attached hydrogen (secondary N) is 1. The Hall–Kier alpha value is -3.27. The lowest BCUT2D eigenvalue weighted by Gasteiger charge is -2.36. The summed E-state index contributed by atoms with van der Waals surface area (Å²) >= 11 is 0. The third kappa shape index (κ3) is 5.39. The van der Waals surface area contributed by atoms with Gasteiger partial charge in [-0.1, -0.05) is 12.1 Å². The van der Waals surface area contributed by atoms with E-state index in [-0.39, 0.29) is 18.0 Å². The van der Waals surface area contributed by atoms with E-state index in [4.69, 9.17) is 9.47 Å². The number of piperazine rings is 1. The van der Waals surface area contributed by atoms with Crippen molar-refractivity contribution in [3.05, 3.63) is 50.7 Å². The molecule has 3 rings (SSSR count). The van der Waals surface area contributed by atoms with Crippen LogP contribution in [0.5, 0.6) is 5.75 Å². The van der Waals surface area contributed by atoms with Gasteiger partial charge < -0.3 is 19.7 Å². The number of carbonyl (C=O) groups excluding carboxylic acids is 1. The molecule has 0 saturated carbocycles. The second-order valence-corrected chi connectivity index (χ2v) is 7.93. The first kappa shape index (κ1) is 24.4. The van der Waals surface area contributed by atoms with Crippen LogP contribution < -0.4 is 26.2 Å². The number of nitrogens with zero attached hydrogens (tertiary/aromatic N) is 4. The van der Waals surface area contributed by atoms with E-state index in [2.05, 4.69) is 21.2 Å². The average molecular weight is 460 g/mol. The van der Waals surface area contributed by atoms with E-state index in [1.54, 1.807) is 14.0 Å². The fraction of sp³-hybridized carbons (Fsp3) is 0.522. The van der Waals surface area contributed by atoms with Crippen LogP contribution in [0.15, 0.2) is 33.9 Å². The predicted octanol–water partition coefficient (Wildman–Crippen LogP) is 0.894. The molecule has 1 aliphatic rings. The number of benzene rings is 1. The molecule has 0 spiro atoms. The molecule has 1 aliphatic heterocycles. The fourth-order valence-corrected chi connectivity index (χ4v) is 4.05. The van der Waals surface area contributed by atoms with E-state index in [0.717, 1.165) is 55.1 Å². The Morgan fingerprint density at radius 2 is 1.76 bits per heavy atom. The summed E-state index contributed by atoms with van der Waals surface area (Å²) < 4.78 is 12.7. The Morgan fingerprint density at radius 3 is 2.42 bits per heavy atom. The molecule has 1 saturated heterocycles. The Labute approximate surface area is 193 Å². The van der Waals surface area contributed by atoms with Crippen LogP contribution in [0.25, 0.3) is 0 Å². The number of rotatable bonds is 9. The average Bonchev–Trinajstić information content (AvgIpc) is 2.83. The largest absolute Gasteiger partial charge is 0.495 e. The minimum atomic E-state index is -0.733. The van der Waals surface area contributed by atoms with Gasteiger partial charge in [-0.15, -0.1) is 0 Å². The lowest BCUT2D eigenvalue weighted by atomic mass is 10.2. The predicted molar refractivity (Wildman–Crippen MR) is 128 cm³/mol. The Morgan fingerprint density at radius 1 is 1.06 bits per heavy atom. The summed E-state index contributed by atoms with van der Waals surface area (Å²) in [5.41, 5.74) is -0.194. The minimum Gasteiger partial charge on any atom is -0.495 e. The molecule has 2 heterocycles. The van der Waals surface area contributed by atoms with Crippen LogP contribution in [0, 0.1) is 0 Å². The molecule has 1 fully saturated rings. The number of anilines is 2. The molecule has 1 aromatic carbocycles. The smallest absolute Gasteiger partial charge is 0.347 e. The molecule has 1 aromatic heterocycles. The van der Waals surface area contributed by atoms with Crippen LogP contribution in [-0.2, 0) is 18.8 Å². The summed E-state index contributed by atoms with van der Waals surface area (Å²) in [5.74, 6) is 0.346. The van der Waals surface area contributed by atoms with E-state index in [9.17, 15) is 14.4 Å². The molecule has 10 nitrogen and oxygen atoms in total. The van der Waals surface area contributed by atoms with Gasteiger partial charge in [0.05, 0.1) is 19.4 Å². The highest BCUT2D eigenvalue weighted by Crippen LogP contribution is 2.28. The van der Waals surface area contributed by atoms with Crippen molar-refractivity contribution < 1.29 is 14.3 Å². The number of aromatic nitrogens is 2. The van der Waals surface area contributed by atoms with E-state index < -0.39 is 17.2 Å². The van der Waals surface area contributed by atoms with Crippen molar-refractivity contribution in [2.75, 3.05) is 63.2 Å². The highest BCUT2D eigenvalue weighted by atomic mass is 16.5. The van der Waals surface area contributed by atoms with Gasteiger partial charge in [0.1, 0.15) is 11.6 Å². The van der Waals surface area contributed by atoms with Gasteiger partial charge in [0, 0.05) is 46.8 Å². The summed E-state index contributed by atoms with van der Waals surface area (Å²) in [6.45, 7) is 6.86.